The Morgan fingerprint density at radius 1 is 0.978 bits per heavy atom. The van der Waals surface area contributed by atoms with Gasteiger partial charge in [-0.2, -0.15) is 0 Å². The van der Waals surface area contributed by atoms with Gasteiger partial charge in [-0.25, -0.2) is 17.9 Å². The summed E-state index contributed by atoms with van der Waals surface area (Å²) >= 11 is 0. The van der Waals surface area contributed by atoms with E-state index in [1.54, 1.807) is 12.1 Å². The summed E-state index contributed by atoms with van der Waals surface area (Å²) in [5.41, 5.74) is 4.23. The molecule has 0 heterocycles. The summed E-state index contributed by atoms with van der Waals surface area (Å²) in [5.74, 6) is -0.856. The lowest BCUT2D eigenvalue weighted by Gasteiger charge is -2.22. The molecule has 1 saturated carbocycles. The second-order valence-electron chi connectivity index (χ2n) is 11.5. The van der Waals surface area contributed by atoms with Crippen molar-refractivity contribution in [1.29, 1.82) is 0 Å². The number of aryl methyl sites for hydroxylation is 1. The van der Waals surface area contributed by atoms with Gasteiger partial charge < -0.3 is 20.2 Å². The summed E-state index contributed by atoms with van der Waals surface area (Å²) in [7, 11) is -3.87. The maximum atomic E-state index is 13.0. The molecule has 0 bridgehead atoms. The first-order chi connectivity index (χ1) is 22.0. The highest BCUT2D eigenvalue weighted by Gasteiger charge is 2.25. The zero-order valence-corrected chi connectivity index (χ0v) is 26.2. The van der Waals surface area contributed by atoms with Crippen LogP contribution in [0.2, 0.25) is 0 Å². The molecule has 46 heavy (non-hydrogen) atoms. The number of aliphatic hydroxyl groups is 2. The molecule has 1 atom stereocenters. The fourth-order valence-electron chi connectivity index (χ4n) is 5.76. The van der Waals surface area contributed by atoms with Crippen LogP contribution in [0, 0.1) is 10.1 Å². The van der Waals surface area contributed by atoms with Crippen molar-refractivity contribution in [3.8, 4) is 11.1 Å². The molecule has 246 valence electrons. The van der Waals surface area contributed by atoms with Gasteiger partial charge in [-0.1, -0.05) is 49.2 Å². The van der Waals surface area contributed by atoms with Crippen molar-refractivity contribution >= 4 is 27.7 Å². The van der Waals surface area contributed by atoms with E-state index in [2.05, 4.69) is 4.72 Å². The SMILES string of the molecule is O=C(NS(=O)(=O)CCCO)c1ccc(-c2ccc(CCCN(C[C@H](O)c3ccc([N+](=O)[O-])cc3)C(=O)O)cc2)cc1C1CCCC1. The Balaban J connectivity index is 1.40. The van der Waals surface area contributed by atoms with Gasteiger partial charge in [0.05, 0.1) is 23.3 Å². The van der Waals surface area contributed by atoms with Crippen LogP contribution in [0.5, 0.6) is 0 Å². The van der Waals surface area contributed by atoms with Gasteiger partial charge in [0.25, 0.3) is 11.6 Å². The average molecular weight is 654 g/mol. The molecule has 12 nitrogen and oxygen atoms in total. The zero-order chi connectivity index (χ0) is 33.3. The van der Waals surface area contributed by atoms with Gasteiger partial charge in [0, 0.05) is 30.8 Å². The van der Waals surface area contributed by atoms with Crippen molar-refractivity contribution < 1.29 is 38.2 Å². The van der Waals surface area contributed by atoms with Gasteiger partial charge in [-0.15, -0.1) is 0 Å². The maximum absolute atomic E-state index is 13.0. The molecule has 2 amide bonds. The van der Waals surface area contributed by atoms with Crippen LogP contribution in [-0.2, 0) is 16.4 Å². The van der Waals surface area contributed by atoms with Crippen molar-refractivity contribution in [2.24, 2.45) is 0 Å². The molecule has 0 aromatic heterocycles. The summed E-state index contributed by atoms with van der Waals surface area (Å²) in [5, 5.41) is 40.0. The largest absolute Gasteiger partial charge is 0.465 e. The Morgan fingerprint density at radius 2 is 1.63 bits per heavy atom. The predicted molar refractivity (Wildman–Crippen MR) is 172 cm³/mol. The van der Waals surface area contributed by atoms with Crippen LogP contribution >= 0.6 is 0 Å². The van der Waals surface area contributed by atoms with Gasteiger partial charge >= 0.3 is 6.09 Å². The number of sulfonamides is 1. The molecule has 3 aromatic carbocycles. The molecule has 1 aliphatic rings. The monoisotopic (exact) mass is 653 g/mol. The molecule has 3 aromatic rings. The Morgan fingerprint density at radius 3 is 2.24 bits per heavy atom. The fraction of sp³-hybridized carbons (Fsp3) is 0.394. The molecule has 4 rings (SSSR count). The number of benzene rings is 3. The minimum atomic E-state index is -3.87. The van der Waals surface area contributed by atoms with Gasteiger partial charge in [-0.3, -0.25) is 14.9 Å². The van der Waals surface area contributed by atoms with E-state index >= 15 is 0 Å². The number of hydrogen-bond donors (Lipinski definition) is 4. The van der Waals surface area contributed by atoms with Crippen LogP contribution in [0.25, 0.3) is 11.1 Å². The third kappa shape index (κ3) is 9.35. The highest BCUT2D eigenvalue weighted by Crippen LogP contribution is 2.38. The summed E-state index contributed by atoms with van der Waals surface area (Å²) in [6.45, 7) is -0.268. The molecule has 0 spiro atoms. The third-order valence-corrected chi connectivity index (χ3v) is 9.57. The van der Waals surface area contributed by atoms with E-state index in [0.717, 1.165) is 52.8 Å². The topological polar surface area (TPSA) is 187 Å². The molecule has 4 N–H and O–H groups in total. The number of hydrogen-bond acceptors (Lipinski definition) is 8. The van der Waals surface area contributed by atoms with Gasteiger partial charge in [-0.05, 0) is 84.0 Å². The predicted octanol–water partition coefficient (Wildman–Crippen LogP) is 5.01. The van der Waals surface area contributed by atoms with Gasteiger partial charge in [0.1, 0.15) is 0 Å². The number of amides is 2. The minimum Gasteiger partial charge on any atom is -0.465 e. The van der Waals surface area contributed by atoms with E-state index in [4.69, 9.17) is 5.11 Å². The Kier molecular flexibility index (Phi) is 11.9. The summed E-state index contributed by atoms with van der Waals surface area (Å²) < 4.78 is 26.7. The Bertz CT molecular complexity index is 1620. The molecular weight excluding hydrogens is 614 g/mol. The normalized spacial score (nSPS) is 14.1. The molecular formula is C33H39N3O9S. The lowest BCUT2D eigenvalue weighted by molar-refractivity contribution is -0.384. The summed E-state index contributed by atoms with van der Waals surface area (Å²) in [6.07, 6.45) is 2.75. The Labute approximate surface area is 267 Å². The van der Waals surface area contributed by atoms with Crippen molar-refractivity contribution in [3.05, 3.63) is 99.1 Å². The zero-order valence-electron chi connectivity index (χ0n) is 25.4. The second kappa shape index (κ2) is 15.8. The van der Waals surface area contributed by atoms with Crippen LogP contribution in [0.4, 0.5) is 10.5 Å². The Hall–Kier alpha value is -4.33. The molecule has 0 saturated heterocycles. The smallest absolute Gasteiger partial charge is 0.407 e. The summed E-state index contributed by atoms with van der Waals surface area (Å²) in [6, 6.07) is 18.6. The first-order valence-electron chi connectivity index (χ1n) is 15.3. The molecule has 13 heteroatoms. The quantitative estimate of drug-likeness (QED) is 0.129. The molecule has 1 aliphatic carbocycles. The first-order valence-corrected chi connectivity index (χ1v) is 16.9. The minimum absolute atomic E-state index is 0.0399. The standard InChI is InChI=1S/C33H39N3O9S/c37-19-4-20-46(44,45)34-32(39)29-17-14-27(21-30(29)25-6-1-2-7-25)24-10-8-23(9-11-24)5-3-18-35(33(40)41)22-31(38)26-12-15-28(16-13-26)36(42)43/h8-17,21,25,31,37-38H,1-7,18-20,22H2,(H,34,39)(H,40,41)/t31-/m0/s1. The molecule has 0 radical (unpaired) electrons. The van der Waals surface area contributed by atoms with E-state index < -0.39 is 33.1 Å². The number of non-ortho nitro benzene ring substituents is 1. The van der Waals surface area contributed by atoms with E-state index in [1.165, 1.54) is 24.3 Å². The number of carbonyl (C=O) groups is 2. The van der Waals surface area contributed by atoms with Crippen LogP contribution < -0.4 is 4.72 Å². The molecule has 0 unspecified atom stereocenters. The fourth-order valence-corrected chi connectivity index (χ4v) is 6.76. The van der Waals surface area contributed by atoms with Crippen LogP contribution in [0.15, 0.2) is 66.7 Å². The second-order valence-corrected chi connectivity index (χ2v) is 13.3. The van der Waals surface area contributed by atoms with Crippen molar-refractivity contribution in [2.75, 3.05) is 25.4 Å². The maximum Gasteiger partial charge on any atom is 0.407 e. The molecule has 0 aliphatic heterocycles. The summed E-state index contributed by atoms with van der Waals surface area (Å²) in [4.78, 5) is 36.3. The molecule has 1 fully saturated rings. The van der Waals surface area contributed by atoms with Crippen molar-refractivity contribution in [1.82, 2.24) is 9.62 Å². The number of carbonyl (C=O) groups excluding carboxylic acids is 1. The lowest BCUT2D eigenvalue weighted by Crippen LogP contribution is -2.34. The number of aliphatic hydroxyl groups excluding tert-OH is 2. The van der Waals surface area contributed by atoms with Crippen molar-refractivity contribution in [3.63, 3.8) is 0 Å². The lowest BCUT2D eigenvalue weighted by atomic mass is 9.89. The van der Waals surface area contributed by atoms with Crippen molar-refractivity contribution in [2.45, 2.75) is 57.0 Å². The first kappa shape index (κ1) is 34.5. The number of nitrogens with zero attached hydrogens (tertiary/aromatic N) is 2. The number of nitrogens with one attached hydrogen (secondary N) is 1. The van der Waals surface area contributed by atoms with Crippen LogP contribution in [0.1, 0.15) is 77.6 Å². The number of nitro groups is 1. The highest BCUT2D eigenvalue weighted by atomic mass is 32.2. The van der Waals surface area contributed by atoms with E-state index in [9.17, 15) is 38.3 Å². The van der Waals surface area contributed by atoms with E-state index in [0.29, 0.717) is 24.0 Å². The third-order valence-electron chi connectivity index (χ3n) is 8.24. The average Bonchev–Trinajstić information content (AvgIpc) is 3.58. The van der Waals surface area contributed by atoms with Gasteiger partial charge in [0.15, 0.2) is 0 Å². The van der Waals surface area contributed by atoms with E-state index in [1.807, 2.05) is 30.3 Å². The number of carboxylic acid groups (broad SMARTS) is 1. The van der Waals surface area contributed by atoms with Gasteiger partial charge in [0.2, 0.25) is 10.0 Å². The highest BCUT2D eigenvalue weighted by molar-refractivity contribution is 7.90. The van der Waals surface area contributed by atoms with Crippen LogP contribution in [-0.4, -0.2) is 71.0 Å². The van der Waals surface area contributed by atoms with E-state index in [-0.39, 0.29) is 43.5 Å². The van der Waals surface area contributed by atoms with Crippen LogP contribution in [0.3, 0.4) is 0 Å². The number of rotatable bonds is 15. The number of nitro benzene ring substituents is 1.